The monoisotopic (exact) mass is 485 g/mol. The fraction of sp³-hybridized carbons (Fsp3) is 0.263. The van der Waals surface area contributed by atoms with Crippen LogP contribution in [0.4, 0.5) is 4.39 Å². The molecule has 0 radical (unpaired) electrons. The molecular formula is C19H21BrFN3O4S. The summed E-state index contributed by atoms with van der Waals surface area (Å²) >= 11 is 3.23. The number of hydrogen-bond donors (Lipinski definition) is 3. The number of carbonyl (C=O) groups is 2. The van der Waals surface area contributed by atoms with Gasteiger partial charge in [-0.3, -0.25) is 9.59 Å². The van der Waals surface area contributed by atoms with Gasteiger partial charge in [0.05, 0.1) is 4.90 Å². The molecule has 0 aromatic heterocycles. The van der Waals surface area contributed by atoms with E-state index < -0.39 is 21.7 Å². The molecule has 3 N–H and O–H groups in total. The van der Waals surface area contributed by atoms with Gasteiger partial charge in [0.2, 0.25) is 15.9 Å². The van der Waals surface area contributed by atoms with Crippen molar-refractivity contribution in [3.8, 4) is 0 Å². The number of carbonyl (C=O) groups excluding carboxylic acids is 2. The van der Waals surface area contributed by atoms with Crippen molar-refractivity contribution < 1.29 is 22.4 Å². The molecule has 2 amide bonds. The molecule has 0 unspecified atom stereocenters. The summed E-state index contributed by atoms with van der Waals surface area (Å²) < 4.78 is 40.8. The van der Waals surface area contributed by atoms with E-state index in [4.69, 9.17) is 0 Å². The number of halogens is 2. The maximum atomic E-state index is 13.5. The molecule has 10 heteroatoms. The number of aryl methyl sites for hydroxylation is 1. The summed E-state index contributed by atoms with van der Waals surface area (Å²) in [6, 6.07) is 10.3. The fourth-order valence-electron chi connectivity index (χ4n) is 2.30. The van der Waals surface area contributed by atoms with E-state index in [1.54, 1.807) is 19.1 Å². The van der Waals surface area contributed by atoms with Crippen LogP contribution in [0, 0.1) is 12.7 Å². The van der Waals surface area contributed by atoms with Crippen molar-refractivity contribution in [2.24, 2.45) is 0 Å². The second-order valence-electron chi connectivity index (χ2n) is 6.17. The van der Waals surface area contributed by atoms with Crippen LogP contribution < -0.4 is 15.4 Å². The Balaban J connectivity index is 1.67. The SMILES string of the molecule is Cc1ccc(C(=O)NCCNC(=O)CCNS(=O)(=O)c2ccc(Br)cc2)cc1F. The molecule has 0 atom stereocenters. The van der Waals surface area contributed by atoms with Crippen LogP contribution in [-0.4, -0.2) is 39.9 Å². The zero-order valence-electron chi connectivity index (χ0n) is 15.7. The predicted octanol–water partition coefficient (Wildman–Crippen LogP) is 2.11. The van der Waals surface area contributed by atoms with Crippen LogP contribution in [0.25, 0.3) is 0 Å². The zero-order chi connectivity index (χ0) is 21.4. The van der Waals surface area contributed by atoms with Gasteiger partial charge in [-0.2, -0.15) is 0 Å². The van der Waals surface area contributed by atoms with Crippen LogP contribution in [0.2, 0.25) is 0 Å². The van der Waals surface area contributed by atoms with Crippen molar-refractivity contribution in [2.75, 3.05) is 19.6 Å². The van der Waals surface area contributed by atoms with Crippen LogP contribution in [0.5, 0.6) is 0 Å². The van der Waals surface area contributed by atoms with Crippen LogP contribution in [0.15, 0.2) is 51.8 Å². The first-order valence-electron chi connectivity index (χ1n) is 8.75. The Morgan fingerprint density at radius 3 is 2.31 bits per heavy atom. The molecular weight excluding hydrogens is 465 g/mol. The van der Waals surface area contributed by atoms with E-state index in [2.05, 4.69) is 31.3 Å². The van der Waals surface area contributed by atoms with Crippen LogP contribution in [0.1, 0.15) is 22.3 Å². The Kier molecular flexibility index (Phi) is 8.30. The van der Waals surface area contributed by atoms with Crippen molar-refractivity contribution in [3.05, 3.63) is 63.9 Å². The van der Waals surface area contributed by atoms with Crippen LogP contribution in [-0.2, 0) is 14.8 Å². The normalized spacial score (nSPS) is 11.1. The molecule has 0 aliphatic heterocycles. The quantitative estimate of drug-likeness (QED) is 0.473. The first-order valence-corrected chi connectivity index (χ1v) is 11.0. The lowest BCUT2D eigenvalue weighted by Gasteiger charge is -2.09. The summed E-state index contributed by atoms with van der Waals surface area (Å²) in [5.41, 5.74) is 0.645. The van der Waals surface area contributed by atoms with Gasteiger partial charge in [-0.25, -0.2) is 17.5 Å². The number of sulfonamides is 1. The minimum atomic E-state index is -3.68. The molecule has 0 heterocycles. The summed E-state index contributed by atoms with van der Waals surface area (Å²) in [6.07, 6.45) is -0.0487. The van der Waals surface area contributed by atoms with Crippen molar-refractivity contribution in [2.45, 2.75) is 18.2 Å². The number of hydrogen-bond acceptors (Lipinski definition) is 4. The third kappa shape index (κ3) is 7.22. The Morgan fingerprint density at radius 1 is 1.00 bits per heavy atom. The fourth-order valence-corrected chi connectivity index (χ4v) is 3.59. The molecule has 0 aliphatic carbocycles. The van der Waals surface area contributed by atoms with Crippen molar-refractivity contribution in [3.63, 3.8) is 0 Å². The third-order valence-corrected chi connectivity index (χ3v) is 5.94. The minimum Gasteiger partial charge on any atom is -0.354 e. The average Bonchev–Trinajstić information content (AvgIpc) is 2.67. The van der Waals surface area contributed by atoms with Crippen molar-refractivity contribution in [1.82, 2.24) is 15.4 Å². The maximum absolute atomic E-state index is 13.5. The molecule has 0 saturated heterocycles. The number of nitrogens with one attached hydrogen (secondary N) is 3. The van der Waals surface area contributed by atoms with Gasteiger partial charge < -0.3 is 10.6 Å². The van der Waals surface area contributed by atoms with E-state index >= 15 is 0 Å². The second-order valence-corrected chi connectivity index (χ2v) is 8.85. The molecule has 0 saturated carbocycles. The lowest BCUT2D eigenvalue weighted by atomic mass is 10.1. The summed E-state index contributed by atoms with van der Waals surface area (Å²) in [4.78, 5) is 23.8. The van der Waals surface area contributed by atoms with Gasteiger partial charge in [0.1, 0.15) is 5.82 Å². The molecule has 156 valence electrons. The highest BCUT2D eigenvalue weighted by atomic mass is 79.9. The van der Waals surface area contributed by atoms with Crippen LogP contribution >= 0.6 is 15.9 Å². The maximum Gasteiger partial charge on any atom is 0.251 e. The molecule has 0 fully saturated rings. The molecule has 0 aliphatic rings. The Hall–Kier alpha value is -2.30. The molecule has 2 rings (SSSR count). The Bertz CT molecular complexity index is 981. The van der Waals surface area contributed by atoms with Gasteiger partial charge in [-0.05, 0) is 48.9 Å². The minimum absolute atomic E-state index is 0.0487. The van der Waals surface area contributed by atoms with Gasteiger partial charge in [0, 0.05) is 36.1 Å². The van der Waals surface area contributed by atoms with Gasteiger partial charge in [0.25, 0.3) is 5.91 Å². The van der Waals surface area contributed by atoms with E-state index in [1.807, 2.05) is 0 Å². The third-order valence-electron chi connectivity index (χ3n) is 3.93. The summed E-state index contributed by atoms with van der Waals surface area (Å²) in [5, 5.41) is 5.15. The smallest absolute Gasteiger partial charge is 0.251 e. The summed E-state index contributed by atoms with van der Waals surface area (Å²) in [6.45, 7) is 1.87. The summed E-state index contributed by atoms with van der Waals surface area (Å²) in [5.74, 6) is -1.27. The van der Waals surface area contributed by atoms with Gasteiger partial charge >= 0.3 is 0 Å². The lowest BCUT2D eigenvalue weighted by molar-refractivity contribution is -0.120. The van der Waals surface area contributed by atoms with Crippen LogP contribution in [0.3, 0.4) is 0 Å². The molecule has 7 nitrogen and oxygen atoms in total. The first kappa shape index (κ1) is 23.0. The van der Waals surface area contributed by atoms with Crippen molar-refractivity contribution >= 4 is 37.8 Å². The standard InChI is InChI=1S/C19H21BrFN3O4S/c1-13-2-3-14(12-17(13)21)19(26)23-11-10-22-18(25)8-9-24-29(27,28)16-6-4-15(20)5-7-16/h2-7,12,24H,8-11H2,1H3,(H,22,25)(H,23,26). The zero-order valence-corrected chi connectivity index (χ0v) is 18.1. The topological polar surface area (TPSA) is 104 Å². The highest BCUT2D eigenvalue weighted by molar-refractivity contribution is 9.10. The van der Waals surface area contributed by atoms with E-state index in [9.17, 15) is 22.4 Å². The number of amides is 2. The van der Waals surface area contributed by atoms with E-state index in [-0.39, 0.29) is 42.4 Å². The predicted molar refractivity (Wildman–Crippen MR) is 110 cm³/mol. The van der Waals surface area contributed by atoms with Gasteiger partial charge in [-0.1, -0.05) is 22.0 Å². The van der Waals surface area contributed by atoms with E-state index in [1.165, 1.54) is 24.3 Å². The lowest BCUT2D eigenvalue weighted by Crippen LogP contribution is -2.36. The van der Waals surface area contributed by atoms with E-state index in [0.29, 0.717) is 5.56 Å². The van der Waals surface area contributed by atoms with Crippen molar-refractivity contribution in [1.29, 1.82) is 0 Å². The second kappa shape index (κ2) is 10.5. The summed E-state index contributed by atoms with van der Waals surface area (Å²) in [7, 11) is -3.68. The number of benzene rings is 2. The van der Waals surface area contributed by atoms with Gasteiger partial charge in [0.15, 0.2) is 0 Å². The Labute approximate surface area is 177 Å². The molecule has 2 aromatic rings. The molecule has 29 heavy (non-hydrogen) atoms. The molecule has 0 spiro atoms. The van der Waals surface area contributed by atoms with E-state index in [0.717, 1.165) is 10.5 Å². The Morgan fingerprint density at radius 2 is 1.66 bits per heavy atom. The molecule has 2 aromatic carbocycles. The molecule has 0 bridgehead atoms. The highest BCUT2D eigenvalue weighted by Crippen LogP contribution is 2.14. The number of rotatable bonds is 9. The largest absolute Gasteiger partial charge is 0.354 e. The highest BCUT2D eigenvalue weighted by Gasteiger charge is 2.14. The average molecular weight is 486 g/mol. The van der Waals surface area contributed by atoms with Gasteiger partial charge in [-0.15, -0.1) is 0 Å². The first-order chi connectivity index (χ1) is 13.7.